The largest absolute Gasteiger partial charge is 0.456 e. The number of hydrogen-bond donors (Lipinski definition) is 0. The van der Waals surface area contributed by atoms with Crippen molar-refractivity contribution in [1.29, 1.82) is 0 Å². The molecule has 0 spiro atoms. The van der Waals surface area contributed by atoms with Crippen LogP contribution in [0, 0.1) is 0 Å². The Balaban J connectivity index is 1.13. The lowest BCUT2D eigenvalue weighted by molar-refractivity contribution is 0.648. The van der Waals surface area contributed by atoms with Gasteiger partial charge in [-0.1, -0.05) is 164 Å². The number of para-hydroxylation sites is 3. The Morgan fingerprint density at radius 2 is 0.945 bits per heavy atom. The van der Waals surface area contributed by atoms with Gasteiger partial charge in [-0.3, -0.25) is 0 Å². The van der Waals surface area contributed by atoms with Gasteiger partial charge in [0.15, 0.2) is 0 Å². The van der Waals surface area contributed by atoms with E-state index in [0.717, 1.165) is 44.6 Å². The third-order valence-corrected chi connectivity index (χ3v) is 11.5. The second kappa shape index (κ2) is 12.5. The summed E-state index contributed by atoms with van der Waals surface area (Å²) in [6, 6.07) is 76.9. The molecule has 0 saturated carbocycles. The highest BCUT2D eigenvalue weighted by Crippen LogP contribution is 2.58. The van der Waals surface area contributed by atoms with Crippen molar-refractivity contribution in [2.75, 3.05) is 4.90 Å². The van der Waals surface area contributed by atoms with Gasteiger partial charge in [0.25, 0.3) is 0 Å². The predicted molar refractivity (Wildman–Crippen MR) is 229 cm³/mol. The monoisotopic (exact) mass is 701 g/mol. The molecule has 0 saturated heterocycles. The van der Waals surface area contributed by atoms with Gasteiger partial charge >= 0.3 is 0 Å². The fourth-order valence-electron chi connectivity index (χ4n) is 9.11. The van der Waals surface area contributed by atoms with E-state index in [-0.39, 0.29) is 0 Å². The molecule has 1 aliphatic rings. The van der Waals surface area contributed by atoms with Gasteiger partial charge in [0.05, 0.1) is 5.41 Å². The van der Waals surface area contributed by atoms with Crippen molar-refractivity contribution in [3.8, 4) is 22.3 Å². The molecule has 0 atom stereocenters. The van der Waals surface area contributed by atoms with Gasteiger partial charge < -0.3 is 9.32 Å². The van der Waals surface area contributed by atoms with Crippen LogP contribution >= 0.6 is 0 Å². The van der Waals surface area contributed by atoms with Crippen LogP contribution in [-0.2, 0) is 5.41 Å². The predicted octanol–water partition coefficient (Wildman–Crippen LogP) is 14.2. The smallest absolute Gasteiger partial charge is 0.140 e. The first kappa shape index (κ1) is 31.4. The Bertz CT molecular complexity index is 3000. The third-order valence-electron chi connectivity index (χ3n) is 11.5. The lowest BCUT2D eigenvalue weighted by Crippen LogP contribution is -2.29. The van der Waals surface area contributed by atoms with Crippen molar-refractivity contribution in [1.82, 2.24) is 0 Å². The minimum atomic E-state index is -0.640. The van der Waals surface area contributed by atoms with Crippen LogP contribution in [0.5, 0.6) is 0 Å². The molecule has 0 N–H and O–H groups in total. The van der Waals surface area contributed by atoms with Crippen LogP contribution < -0.4 is 4.90 Å². The fraction of sp³-hybridized carbons (Fsp3) is 0.0189. The zero-order valence-corrected chi connectivity index (χ0v) is 30.1. The van der Waals surface area contributed by atoms with Crippen LogP contribution in [0.15, 0.2) is 217 Å². The van der Waals surface area contributed by atoms with E-state index < -0.39 is 5.41 Å². The van der Waals surface area contributed by atoms with Crippen LogP contribution in [0.1, 0.15) is 22.3 Å². The molecule has 11 rings (SSSR count). The van der Waals surface area contributed by atoms with E-state index in [2.05, 4.69) is 217 Å². The normalized spacial score (nSPS) is 12.9. The van der Waals surface area contributed by atoms with Crippen LogP contribution in [-0.4, -0.2) is 0 Å². The summed E-state index contributed by atoms with van der Waals surface area (Å²) in [4.78, 5) is 2.37. The molecule has 1 aliphatic carbocycles. The van der Waals surface area contributed by atoms with Crippen LogP contribution in [0.3, 0.4) is 0 Å². The molecule has 1 aromatic heterocycles. The third kappa shape index (κ3) is 4.82. The maximum absolute atomic E-state index is 6.85. The first-order chi connectivity index (χ1) is 27.3. The average Bonchev–Trinajstić information content (AvgIpc) is 3.79. The number of fused-ring (bicyclic) bond motifs is 7. The molecule has 10 aromatic rings. The summed E-state index contributed by atoms with van der Waals surface area (Å²) in [5.41, 5.74) is 14.2. The van der Waals surface area contributed by atoms with E-state index in [1.165, 1.54) is 49.7 Å². The van der Waals surface area contributed by atoms with E-state index >= 15 is 0 Å². The van der Waals surface area contributed by atoms with Crippen molar-refractivity contribution < 1.29 is 4.42 Å². The molecule has 0 fully saturated rings. The van der Waals surface area contributed by atoms with Gasteiger partial charge in [0.1, 0.15) is 11.2 Å². The van der Waals surface area contributed by atoms with Crippen molar-refractivity contribution >= 4 is 49.8 Å². The minimum Gasteiger partial charge on any atom is -0.456 e. The molecule has 55 heavy (non-hydrogen) atoms. The van der Waals surface area contributed by atoms with Gasteiger partial charge in [0, 0.05) is 33.4 Å². The number of furan rings is 1. The SMILES string of the molecule is c1ccc(N(c2ccc(-c3ccc4ccccc4c3)cc2)c2cccc(C3(c4cccc5c4oc4ccccc45)c4ccccc4-c4ccccc43)c2)cc1. The molecule has 2 nitrogen and oxygen atoms in total. The van der Waals surface area contributed by atoms with Gasteiger partial charge in [-0.25, -0.2) is 0 Å². The van der Waals surface area contributed by atoms with Gasteiger partial charge in [-0.05, 0) is 98.2 Å². The summed E-state index contributed by atoms with van der Waals surface area (Å²) in [6.45, 7) is 0. The zero-order valence-electron chi connectivity index (χ0n) is 30.1. The maximum atomic E-state index is 6.85. The van der Waals surface area contributed by atoms with Gasteiger partial charge in [0.2, 0.25) is 0 Å². The van der Waals surface area contributed by atoms with Gasteiger partial charge in [-0.15, -0.1) is 0 Å². The Morgan fingerprint density at radius 1 is 0.364 bits per heavy atom. The first-order valence-electron chi connectivity index (χ1n) is 18.9. The Labute approximate surface area is 320 Å². The topological polar surface area (TPSA) is 16.4 Å². The molecule has 0 amide bonds. The molecular weight excluding hydrogens is 667 g/mol. The van der Waals surface area contributed by atoms with Crippen molar-refractivity contribution in [2.24, 2.45) is 0 Å². The maximum Gasteiger partial charge on any atom is 0.140 e. The van der Waals surface area contributed by atoms with Gasteiger partial charge in [-0.2, -0.15) is 0 Å². The van der Waals surface area contributed by atoms with E-state index in [9.17, 15) is 0 Å². The summed E-state index contributed by atoms with van der Waals surface area (Å²) in [6.07, 6.45) is 0. The lowest BCUT2D eigenvalue weighted by atomic mass is 9.67. The zero-order chi connectivity index (χ0) is 36.3. The quantitative estimate of drug-likeness (QED) is 0.172. The summed E-state index contributed by atoms with van der Waals surface area (Å²) in [7, 11) is 0. The highest BCUT2D eigenvalue weighted by Gasteiger charge is 2.47. The Hall–Kier alpha value is -7.16. The van der Waals surface area contributed by atoms with Crippen LogP contribution in [0.25, 0.3) is 55.0 Å². The first-order valence-corrected chi connectivity index (χ1v) is 18.9. The van der Waals surface area contributed by atoms with Crippen LogP contribution in [0.4, 0.5) is 17.1 Å². The number of anilines is 3. The number of rotatable bonds is 6. The molecule has 0 bridgehead atoms. The summed E-state index contributed by atoms with van der Waals surface area (Å²) < 4.78 is 6.85. The number of benzene rings is 9. The summed E-state index contributed by atoms with van der Waals surface area (Å²) in [5, 5.41) is 4.75. The van der Waals surface area contributed by atoms with E-state index in [4.69, 9.17) is 4.42 Å². The van der Waals surface area contributed by atoms with E-state index in [1.54, 1.807) is 0 Å². The van der Waals surface area contributed by atoms with Crippen molar-refractivity contribution in [3.05, 3.63) is 235 Å². The number of hydrogen-bond acceptors (Lipinski definition) is 2. The van der Waals surface area contributed by atoms with Crippen LogP contribution in [0.2, 0.25) is 0 Å². The fourth-order valence-corrected chi connectivity index (χ4v) is 9.11. The second-order valence-corrected chi connectivity index (χ2v) is 14.5. The molecule has 0 radical (unpaired) electrons. The van der Waals surface area contributed by atoms with Crippen molar-refractivity contribution in [3.63, 3.8) is 0 Å². The number of nitrogens with zero attached hydrogens (tertiary/aromatic N) is 1. The standard InChI is InChI=1S/C53H35NO/c1-2-17-41(18-3-1)54(42-32-30-37(31-33-42)39-29-28-36-14-4-5-15-38(36)34-39)43-19-12-16-40(35-43)53(48-24-9-6-20-44(48)45-21-7-10-25-49(45)53)50-26-13-23-47-46-22-8-11-27-51(46)55-52(47)50/h1-35H. The van der Waals surface area contributed by atoms with E-state index in [1.807, 2.05) is 0 Å². The molecular formula is C53H35NO. The summed E-state index contributed by atoms with van der Waals surface area (Å²) in [5.74, 6) is 0. The average molecular weight is 702 g/mol. The van der Waals surface area contributed by atoms with E-state index in [0.29, 0.717) is 0 Å². The molecule has 9 aromatic carbocycles. The lowest BCUT2D eigenvalue weighted by Gasteiger charge is -2.35. The molecule has 1 heterocycles. The second-order valence-electron chi connectivity index (χ2n) is 14.5. The molecule has 0 unspecified atom stereocenters. The highest BCUT2D eigenvalue weighted by atomic mass is 16.3. The minimum absolute atomic E-state index is 0.640. The molecule has 2 heteroatoms. The highest BCUT2D eigenvalue weighted by molar-refractivity contribution is 6.07. The Morgan fingerprint density at radius 3 is 1.75 bits per heavy atom. The molecule has 0 aliphatic heterocycles. The molecule has 258 valence electrons. The van der Waals surface area contributed by atoms with Crippen molar-refractivity contribution in [2.45, 2.75) is 5.41 Å². The Kier molecular flexibility index (Phi) is 7.11. The summed E-state index contributed by atoms with van der Waals surface area (Å²) >= 11 is 0.